The van der Waals surface area contributed by atoms with Gasteiger partial charge in [0.05, 0.1) is 6.20 Å². The molecule has 0 atom stereocenters. The van der Waals surface area contributed by atoms with Crippen molar-refractivity contribution in [2.75, 3.05) is 6.61 Å². The zero-order valence-electron chi connectivity index (χ0n) is 10.8. The number of aromatic nitrogens is 2. The maximum absolute atomic E-state index is 8.55. The number of para-hydroxylation sites is 1. The molecule has 0 aliphatic carbocycles. The van der Waals surface area contributed by atoms with Crippen LogP contribution in [0.15, 0.2) is 36.7 Å². The zero-order valence-corrected chi connectivity index (χ0v) is 10.8. The number of ether oxygens (including phenoxy) is 1. The SMILES string of the molecule is Cn1cc(CNCc2ccccc2OCC#N)cn1. The molecule has 1 N–H and O–H groups in total. The first-order valence-electron chi connectivity index (χ1n) is 6.05. The molecule has 2 rings (SSSR count). The lowest BCUT2D eigenvalue weighted by molar-refractivity contribution is 0.362. The molecule has 0 saturated heterocycles. The number of nitrogens with one attached hydrogen (secondary N) is 1. The number of nitrogens with zero attached hydrogens (tertiary/aromatic N) is 3. The highest BCUT2D eigenvalue weighted by Crippen LogP contribution is 2.17. The van der Waals surface area contributed by atoms with E-state index in [0.29, 0.717) is 6.54 Å². The van der Waals surface area contributed by atoms with E-state index in [1.54, 1.807) is 4.68 Å². The summed E-state index contributed by atoms with van der Waals surface area (Å²) in [6, 6.07) is 9.70. The van der Waals surface area contributed by atoms with E-state index in [4.69, 9.17) is 10.00 Å². The van der Waals surface area contributed by atoms with Crippen LogP contribution in [0.4, 0.5) is 0 Å². The summed E-state index contributed by atoms with van der Waals surface area (Å²) in [6.07, 6.45) is 3.82. The van der Waals surface area contributed by atoms with Crippen molar-refractivity contribution in [3.05, 3.63) is 47.8 Å². The quantitative estimate of drug-likeness (QED) is 0.853. The summed E-state index contributed by atoms with van der Waals surface area (Å²) in [6.45, 7) is 1.51. The molecule has 0 spiro atoms. The summed E-state index contributed by atoms with van der Waals surface area (Å²) in [5.41, 5.74) is 2.18. The average molecular weight is 256 g/mol. The van der Waals surface area contributed by atoms with Crippen molar-refractivity contribution < 1.29 is 4.74 Å². The molecule has 5 nitrogen and oxygen atoms in total. The predicted octanol–water partition coefficient (Wildman–Crippen LogP) is 1.61. The van der Waals surface area contributed by atoms with Gasteiger partial charge in [-0.3, -0.25) is 4.68 Å². The molecule has 0 fully saturated rings. The Morgan fingerprint density at radius 2 is 2.21 bits per heavy atom. The summed E-state index contributed by atoms with van der Waals surface area (Å²) in [5, 5.41) is 16.0. The van der Waals surface area contributed by atoms with E-state index in [1.165, 1.54) is 0 Å². The minimum absolute atomic E-state index is 0.0691. The molecule has 19 heavy (non-hydrogen) atoms. The molecule has 0 amide bonds. The minimum Gasteiger partial charge on any atom is -0.478 e. The highest BCUT2D eigenvalue weighted by atomic mass is 16.5. The van der Waals surface area contributed by atoms with E-state index < -0.39 is 0 Å². The summed E-state index contributed by atoms with van der Waals surface area (Å²) < 4.78 is 7.15. The van der Waals surface area contributed by atoms with Gasteiger partial charge in [-0.25, -0.2) is 0 Å². The summed E-state index contributed by atoms with van der Waals surface area (Å²) >= 11 is 0. The summed E-state index contributed by atoms with van der Waals surface area (Å²) in [7, 11) is 1.90. The fraction of sp³-hybridized carbons (Fsp3) is 0.286. The molecule has 0 unspecified atom stereocenters. The lowest BCUT2D eigenvalue weighted by Gasteiger charge is -2.09. The van der Waals surface area contributed by atoms with Gasteiger partial charge in [-0.2, -0.15) is 10.4 Å². The molecular formula is C14H16N4O. The Kier molecular flexibility index (Phi) is 4.54. The van der Waals surface area contributed by atoms with Gasteiger partial charge in [-0.15, -0.1) is 0 Å². The molecule has 2 aromatic rings. The number of nitriles is 1. The van der Waals surface area contributed by atoms with E-state index in [1.807, 2.05) is 49.8 Å². The molecule has 1 heterocycles. The van der Waals surface area contributed by atoms with Crippen molar-refractivity contribution in [1.82, 2.24) is 15.1 Å². The molecule has 1 aromatic carbocycles. The molecule has 0 bridgehead atoms. The average Bonchev–Trinajstić information content (AvgIpc) is 2.83. The monoisotopic (exact) mass is 256 g/mol. The lowest BCUT2D eigenvalue weighted by atomic mass is 10.2. The molecule has 98 valence electrons. The van der Waals surface area contributed by atoms with Gasteiger partial charge in [0.2, 0.25) is 0 Å². The molecule has 0 aliphatic heterocycles. The van der Waals surface area contributed by atoms with E-state index in [2.05, 4.69) is 10.4 Å². The summed E-state index contributed by atoms with van der Waals surface area (Å²) in [4.78, 5) is 0. The largest absolute Gasteiger partial charge is 0.478 e. The van der Waals surface area contributed by atoms with Gasteiger partial charge in [0.25, 0.3) is 0 Å². The van der Waals surface area contributed by atoms with E-state index in [0.717, 1.165) is 23.4 Å². The molecule has 5 heteroatoms. The smallest absolute Gasteiger partial charge is 0.174 e. The highest BCUT2D eigenvalue weighted by Gasteiger charge is 2.03. The third-order valence-electron chi connectivity index (χ3n) is 2.67. The Morgan fingerprint density at radius 1 is 1.37 bits per heavy atom. The fourth-order valence-corrected chi connectivity index (χ4v) is 1.81. The topological polar surface area (TPSA) is 62.9 Å². The van der Waals surface area contributed by atoms with Gasteiger partial charge in [-0.1, -0.05) is 18.2 Å². The van der Waals surface area contributed by atoms with Crippen LogP contribution in [0.2, 0.25) is 0 Å². The Morgan fingerprint density at radius 3 is 2.95 bits per heavy atom. The van der Waals surface area contributed by atoms with Crippen molar-refractivity contribution in [3.63, 3.8) is 0 Å². The third kappa shape index (κ3) is 3.83. The molecule has 0 aliphatic rings. The van der Waals surface area contributed by atoms with Crippen LogP contribution in [0.5, 0.6) is 5.75 Å². The standard InChI is InChI=1S/C14H16N4O/c1-18-11-12(9-17-18)8-16-10-13-4-2-3-5-14(13)19-7-6-15/h2-5,9,11,16H,7-8,10H2,1H3. The molecule has 0 saturated carbocycles. The van der Waals surface area contributed by atoms with Crippen LogP contribution in [0, 0.1) is 11.3 Å². The van der Waals surface area contributed by atoms with Crippen LogP contribution in [0.1, 0.15) is 11.1 Å². The third-order valence-corrected chi connectivity index (χ3v) is 2.67. The van der Waals surface area contributed by atoms with Crippen LogP contribution >= 0.6 is 0 Å². The van der Waals surface area contributed by atoms with Gasteiger partial charge in [0, 0.05) is 37.5 Å². The van der Waals surface area contributed by atoms with Gasteiger partial charge in [0.15, 0.2) is 6.61 Å². The first-order valence-corrected chi connectivity index (χ1v) is 6.05. The molecule has 0 radical (unpaired) electrons. The first kappa shape index (κ1) is 13.1. The van der Waals surface area contributed by atoms with Gasteiger partial charge >= 0.3 is 0 Å². The minimum atomic E-state index is 0.0691. The van der Waals surface area contributed by atoms with Crippen LogP contribution in [0.25, 0.3) is 0 Å². The van der Waals surface area contributed by atoms with Crippen LogP contribution in [-0.2, 0) is 20.1 Å². The van der Waals surface area contributed by atoms with Gasteiger partial charge in [0.1, 0.15) is 11.8 Å². The molecule has 1 aromatic heterocycles. The second-order valence-corrected chi connectivity index (χ2v) is 4.18. The Balaban J connectivity index is 1.90. The zero-order chi connectivity index (χ0) is 13.5. The van der Waals surface area contributed by atoms with Crippen LogP contribution in [-0.4, -0.2) is 16.4 Å². The number of aryl methyl sites for hydroxylation is 1. The fourth-order valence-electron chi connectivity index (χ4n) is 1.81. The maximum Gasteiger partial charge on any atom is 0.174 e. The van der Waals surface area contributed by atoms with Crippen molar-refractivity contribution in [1.29, 1.82) is 5.26 Å². The van der Waals surface area contributed by atoms with E-state index in [9.17, 15) is 0 Å². The predicted molar refractivity (Wildman–Crippen MR) is 71.3 cm³/mol. The van der Waals surface area contributed by atoms with Crippen LogP contribution < -0.4 is 10.1 Å². The Hall–Kier alpha value is -2.32. The van der Waals surface area contributed by atoms with Gasteiger partial charge < -0.3 is 10.1 Å². The van der Waals surface area contributed by atoms with Crippen LogP contribution in [0.3, 0.4) is 0 Å². The second-order valence-electron chi connectivity index (χ2n) is 4.18. The van der Waals surface area contributed by atoms with E-state index >= 15 is 0 Å². The Labute approximate surface area is 112 Å². The van der Waals surface area contributed by atoms with Gasteiger partial charge in [-0.05, 0) is 6.07 Å². The van der Waals surface area contributed by atoms with Crippen molar-refractivity contribution in [3.8, 4) is 11.8 Å². The maximum atomic E-state index is 8.55. The van der Waals surface area contributed by atoms with Crippen molar-refractivity contribution in [2.24, 2.45) is 7.05 Å². The number of rotatable bonds is 6. The first-order chi connectivity index (χ1) is 9.29. The van der Waals surface area contributed by atoms with E-state index in [-0.39, 0.29) is 6.61 Å². The summed E-state index contributed by atoms with van der Waals surface area (Å²) in [5.74, 6) is 0.753. The normalized spacial score (nSPS) is 10.1. The number of hydrogen-bond acceptors (Lipinski definition) is 4. The lowest BCUT2D eigenvalue weighted by Crippen LogP contribution is -2.13. The Bertz CT molecular complexity index is 571. The second kappa shape index (κ2) is 6.57. The van der Waals surface area contributed by atoms with Crippen molar-refractivity contribution in [2.45, 2.75) is 13.1 Å². The molecular weight excluding hydrogens is 240 g/mol. The number of hydrogen-bond donors (Lipinski definition) is 1. The van der Waals surface area contributed by atoms with Crippen molar-refractivity contribution >= 4 is 0 Å². The highest BCUT2D eigenvalue weighted by molar-refractivity contribution is 5.33. The number of benzene rings is 1.